The average Bonchev–Trinajstić information content (AvgIpc) is 3.22. The second kappa shape index (κ2) is 8.89. The lowest BCUT2D eigenvalue weighted by Gasteiger charge is -2.25. The van der Waals surface area contributed by atoms with Crippen LogP contribution in [0.3, 0.4) is 0 Å². The topological polar surface area (TPSA) is 71.8 Å². The van der Waals surface area contributed by atoms with E-state index < -0.39 is 23.6 Å². The Balaban J connectivity index is 1.55. The van der Waals surface area contributed by atoms with E-state index in [9.17, 15) is 13.6 Å². The van der Waals surface area contributed by atoms with Crippen LogP contribution in [0.2, 0.25) is 10.0 Å². The normalized spacial score (nSPS) is 14.7. The van der Waals surface area contributed by atoms with Gasteiger partial charge in [0.25, 0.3) is 11.9 Å². The van der Waals surface area contributed by atoms with Gasteiger partial charge in [-0.15, -0.1) is 5.10 Å². The number of rotatable bonds is 4. The van der Waals surface area contributed by atoms with Crippen LogP contribution >= 0.6 is 23.2 Å². The van der Waals surface area contributed by atoms with Gasteiger partial charge in [-0.3, -0.25) is 10.1 Å². The molecule has 2 heterocycles. The number of halogens is 4. The smallest absolute Gasteiger partial charge is 0.258 e. The van der Waals surface area contributed by atoms with Crippen molar-refractivity contribution in [2.45, 2.75) is 6.04 Å². The molecule has 5 rings (SSSR count). The van der Waals surface area contributed by atoms with Gasteiger partial charge in [0, 0.05) is 26.9 Å². The van der Waals surface area contributed by atoms with Gasteiger partial charge in [0.05, 0.1) is 0 Å². The van der Waals surface area contributed by atoms with E-state index in [0.717, 1.165) is 5.56 Å². The van der Waals surface area contributed by atoms with E-state index in [-0.39, 0.29) is 28.0 Å². The Hall–Kier alpha value is -3.75. The molecule has 0 radical (unpaired) electrons. The highest BCUT2D eigenvalue weighted by atomic mass is 35.5. The largest absolute Gasteiger partial charge is 0.324 e. The second-order valence-corrected chi connectivity index (χ2v) is 8.30. The number of carbonyl (C=O) groups excluding carboxylic acids is 1. The van der Waals surface area contributed by atoms with Gasteiger partial charge >= 0.3 is 0 Å². The molecular formula is C24H15Cl2F2N5O. The van der Waals surface area contributed by atoms with Crippen molar-refractivity contribution in [1.82, 2.24) is 14.8 Å². The van der Waals surface area contributed by atoms with E-state index in [1.807, 2.05) is 12.1 Å². The van der Waals surface area contributed by atoms with Crippen molar-refractivity contribution in [3.63, 3.8) is 0 Å². The molecular weight excluding hydrogens is 483 g/mol. The average molecular weight is 498 g/mol. The number of hydrogen-bond acceptors (Lipinski definition) is 4. The van der Waals surface area contributed by atoms with E-state index in [4.69, 9.17) is 23.2 Å². The molecule has 1 aliphatic heterocycles. The molecule has 0 fully saturated rings. The minimum Gasteiger partial charge on any atom is -0.324 e. The number of hydrogen-bond donors (Lipinski definition) is 2. The molecule has 0 saturated carbocycles. The van der Waals surface area contributed by atoms with Crippen molar-refractivity contribution in [3.05, 3.63) is 111 Å². The Morgan fingerprint density at radius 3 is 2.44 bits per heavy atom. The molecule has 4 aromatic rings. The van der Waals surface area contributed by atoms with Crippen LogP contribution in [0.4, 0.5) is 20.7 Å². The number of anilines is 2. The minimum absolute atomic E-state index is 0.0138. The Bertz CT molecular complexity index is 1400. The van der Waals surface area contributed by atoms with Gasteiger partial charge in [0.1, 0.15) is 17.7 Å². The molecule has 10 heteroatoms. The van der Waals surface area contributed by atoms with Crippen molar-refractivity contribution < 1.29 is 13.6 Å². The van der Waals surface area contributed by atoms with Crippen molar-refractivity contribution in [2.75, 3.05) is 10.6 Å². The zero-order valence-electron chi connectivity index (χ0n) is 17.3. The van der Waals surface area contributed by atoms with Gasteiger partial charge < -0.3 is 5.32 Å². The molecule has 0 spiro atoms. The number of nitrogens with one attached hydrogen (secondary N) is 2. The lowest BCUT2D eigenvalue weighted by atomic mass is 10.0. The summed E-state index contributed by atoms with van der Waals surface area (Å²) in [5.74, 6) is -1.23. The summed E-state index contributed by atoms with van der Waals surface area (Å²) < 4.78 is 29.5. The molecule has 0 saturated heterocycles. The molecule has 2 N–H and O–H groups in total. The standard InChI is InChI=1S/C24H15Cl2F2N5O/c25-15-8-4-13(5-9-15)19-12-20(21-17(26)2-1-3-18(21)28)33-24(29-19)31-23(32-33)30-22(34)14-6-10-16(27)11-7-14/h1-12,20H,(H2,29,30,31,32,34). The van der Waals surface area contributed by atoms with Gasteiger partial charge in [-0.1, -0.05) is 41.4 Å². The van der Waals surface area contributed by atoms with Crippen molar-refractivity contribution in [2.24, 2.45) is 0 Å². The molecule has 0 bridgehead atoms. The Kier molecular flexibility index (Phi) is 5.77. The van der Waals surface area contributed by atoms with E-state index in [1.54, 1.807) is 24.3 Å². The van der Waals surface area contributed by atoms with Crippen LogP contribution in [0, 0.1) is 11.6 Å². The zero-order chi connectivity index (χ0) is 23.8. The second-order valence-electron chi connectivity index (χ2n) is 7.46. The molecule has 1 unspecified atom stereocenters. The van der Waals surface area contributed by atoms with Crippen LogP contribution in [0.1, 0.15) is 27.5 Å². The predicted molar refractivity (Wildman–Crippen MR) is 127 cm³/mol. The molecule has 1 aliphatic rings. The number of benzene rings is 3. The van der Waals surface area contributed by atoms with Gasteiger partial charge in [-0.25, -0.2) is 13.5 Å². The quantitative estimate of drug-likeness (QED) is 0.353. The maximum atomic E-state index is 14.9. The number of fused-ring (bicyclic) bond motifs is 1. The number of nitrogens with zero attached hydrogens (tertiary/aromatic N) is 3. The summed E-state index contributed by atoms with van der Waals surface area (Å²) in [5, 5.41) is 10.9. The minimum atomic E-state index is -0.750. The molecule has 3 aromatic carbocycles. The van der Waals surface area contributed by atoms with E-state index in [2.05, 4.69) is 20.7 Å². The lowest BCUT2D eigenvalue weighted by molar-refractivity contribution is 0.102. The number of amides is 1. The SMILES string of the molecule is O=C(Nc1nc2n(n1)C(c1c(F)cccc1Cl)C=C(c1ccc(Cl)cc1)N2)c1ccc(F)cc1. The van der Waals surface area contributed by atoms with Crippen LogP contribution in [-0.4, -0.2) is 20.7 Å². The van der Waals surface area contributed by atoms with Gasteiger partial charge in [-0.2, -0.15) is 4.98 Å². The first-order valence-electron chi connectivity index (χ1n) is 10.1. The van der Waals surface area contributed by atoms with Gasteiger partial charge in [-0.05, 0) is 60.2 Å². The zero-order valence-corrected chi connectivity index (χ0v) is 18.8. The van der Waals surface area contributed by atoms with Crippen LogP contribution < -0.4 is 10.6 Å². The number of carbonyl (C=O) groups is 1. The summed E-state index contributed by atoms with van der Waals surface area (Å²) in [6.45, 7) is 0. The van der Waals surface area contributed by atoms with Crippen molar-refractivity contribution >= 4 is 46.7 Å². The summed E-state index contributed by atoms with van der Waals surface area (Å²) in [7, 11) is 0. The molecule has 0 aliphatic carbocycles. The van der Waals surface area contributed by atoms with E-state index in [0.29, 0.717) is 10.7 Å². The van der Waals surface area contributed by atoms with Crippen LogP contribution in [0.25, 0.3) is 5.70 Å². The van der Waals surface area contributed by atoms with Crippen LogP contribution in [-0.2, 0) is 0 Å². The van der Waals surface area contributed by atoms with Gasteiger partial charge in [0.2, 0.25) is 5.95 Å². The summed E-state index contributed by atoms with van der Waals surface area (Å²) >= 11 is 12.4. The lowest BCUT2D eigenvalue weighted by Crippen LogP contribution is -2.21. The molecule has 1 amide bonds. The third-order valence-electron chi connectivity index (χ3n) is 5.25. The first kappa shape index (κ1) is 22.1. The number of allylic oxidation sites excluding steroid dienone is 1. The fourth-order valence-electron chi connectivity index (χ4n) is 3.62. The Morgan fingerprint density at radius 1 is 1.00 bits per heavy atom. The highest BCUT2D eigenvalue weighted by molar-refractivity contribution is 6.31. The summed E-state index contributed by atoms with van der Waals surface area (Å²) in [4.78, 5) is 16.9. The van der Waals surface area contributed by atoms with Crippen molar-refractivity contribution in [3.8, 4) is 0 Å². The molecule has 170 valence electrons. The Morgan fingerprint density at radius 2 is 1.74 bits per heavy atom. The van der Waals surface area contributed by atoms with Crippen molar-refractivity contribution in [1.29, 1.82) is 0 Å². The third-order valence-corrected chi connectivity index (χ3v) is 5.83. The summed E-state index contributed by atoms with van der Waals surface area (Å²) in [6, 6.07) is 15.8. The predicted octanol–water partition coefficient (Wildman–Crippen LogP) is 6.17. The van der Waals surface area contributed by atoms with E-state index in [1.165, 1.54) is 41.1 Å². The summed E-state index contributed by atoms with van der Waals surface area (Å²) in [5.41, 5.74) is 1.86. The first-order valence-corrected chi connectivity index (χ1v) is 10.9. The molecule has 1 atom stereocenters. The van der Waals surface area contributed by atoms with Gasteiger partial charge in [0.15, 0.2) is 0 Å². The maximum absolute atomic E-state index is 14.9. The molecule has 1 aromatic heterocycles. The fraction of sp³-hybridized carbons (Fsp3) is 0.0417. The number of aromatic nitrogens is 3. The first-order chi connectivity index (χ1) is 16.4. The molecule has 34 heavy (non-hydrogen) atoms. The highest BCUT2D eigenvalue weighted by Gasteiger charge is 2.29. The molecule has 6 nitrogen and oxygen atoms in total. The Labute approximate surface area is 202 Å². The van der Waals surface area contributed by atoms with E-state index >= 15 is 0 Å². The third kappa shape index (κ3) is 4.25. The maximum Gasteiger partial charge on any atom is 0.258 e. The summed E-state index contributed by atoms with van der Waals surface area (Å²) in [6.07, 6.45) is 1.76. The fourth-order valence-corrected chi connectivity index (χ4v) is 4.02. The highest BCUT2D eigenvalue weighted by Crippen LogP contribution is 2.37. The van der Waals surface area contributed by atoms with Crippen LogP contribution in [0.15, 0.2) is 72.8 Å². The monoisotopic (exact) mass is 497 g/mol. The van der Waals surface area contributed by atoms with Crippen LogP contribution in [0.5, 0.6) is 0 Å².